The van der Waals surface area contributed by atoms with E-state index in [2.05, 4.69) is 20.8 Å². The Morgan fingerprint density at radius 2 is 2.04 bits per heavy atom. The highest BCUT2D eigenvalue weighted by molar-refractivity contribution is 5.91. The fourth-order valence-electron chi connectivity index (χ4n) is 3.06. The molecule has 1 aromatic carbocycles. The molecule has 9 heteroatoms. The molecule has 0 unspecified atom stereocenters. The van der Waals surface area contributed by atoms with Gasteiger partial charge in [-0.2, -0.15) is 9.90 Å². The molecule has 7 nitrogen and oxygen atoms in total. The summed E-state index contributed by atoms with van der Waals surface area (Å²) in [7, 11) is 1.68. The van der Waals surface area contributed by atoms with Gasteiger partial charge < -0.3 is 15.4 Å². The van der Waals surface area contributed by atoms with Crippen LogP contribution in [0.25, 0.3) is 5.69 Å². The van der Waals surface area contributed by atoms with Crippen molar-refractivity contribution >= 4 is 18.3 Å². The fraction of sp³-hybridized carbons (Fsp3) is 0.471. The Morgan fingerprint density at radius 3 is 2.69 bits per heavy atom. The molecule has 142 valence electrons. The minimum atomic E-state index is -0.334. The highest BCUT2D eigenvalue weighted by atomic mass is 35.5. The average molecular weight is 384 g/mol. The normalized spacial score (nSPS) is 15.9. The lowest BCUT2D eigenvalue weighted by molar-refractivity contribution is 0.0510. The summed E-state index contributed by atoms with van der Waals surface area (Å²) in [6, 6.07) is 5.76. The van der Waals surface area contributed by atoms with Crippen LogP contribution in [0.2, 0.25) is 0 Å². The first-order chi connectivity index (χ1) is 12.1. The van der Waals surface area contributed by atoms with E-state index in [4.69, 9.17) is 4.74 Å². The topological polar surface area (TPSA) is 81.1 Å². The third-order valence-corrected chi connectivity index (χ3v) is 4.52. The second-order valence-corrected chi connectivity index (χ2v) is 6.36. The van der Waals surface area contributed by atoms with Crippen LogP contribution in [0, 0.1) is 11.2 Å². The third-order valence-electron chi connectivity index (χ3n) is 4.52. The quantitative estimate of drug-likeness (QED) is 0.791. The van der Waals surface area contributed by atoms with Crippen LogP contribution in [0.3, 0.4) is 0 Å². The Hall–Kier alpha value is -2.03. The molecule has 1 fully saturated rings. The maximum atomic E-state index is 13.0. The van der Waals surface area contributed by atoms with Crippen molar-refractivity contribution in [1.82, 2.24) is 25.6 Å². The number of aromatic nitrogens is 3. The minimum Gasteiger partial charge on any atom is -0.384 e. The number of amides is 1. The number of nitrogens with zero attached hydrogens (tertiary/aromatic N) is 3. The molecule has 1 aliphatic rings. The molecule has 1 aromatic heterocycles. The van der Waals surface area contributed by atoms with Gasteiger partial charge in [0.15, 0.2) is 5.69 Å². The van der Waals surface area contributed by atoms with Gasteiger partial charge in [-0.25, -0.2) is 4.39 Å². The van der Waals surface area contributed by atoms with Crippen LogP contribution in [0.1, 0.15) is 23.3 Å². The van der Waals surface area contributed by atoms with Gasteiger partial charge in [0.25, 0.3) is 5.91 Å². The van der Waals surface area contributed by atoms with E-state index in [9.17, 15) is 9.18 Å². The smallest absolute Gasteiger partial charge is 0.273 e. The highest BCUT2D eigenvalue weighted by Crippen LogP contribution is 2.28. The van der Waals surface area contributed by atoms with Crippen molar-refractivity contribution in [2.24, 2.45) is 5.41 Å². The zero-order valence-electron chi connectivity index (χ0n) is 14.6. The zero-order chi connectivity index (χ0) is 17.7. The van der Waals surface area contributed by atoms with E-state index in [1.54, 1.807) is 19.2 Å². The van der Waals surface area contributed by atoms with Gasteiger partial charge in [0, 0.05) is 19.1 Å². The van der Waals surface area contributed by atoms with Crippen molar-refractivity contribution in [3.8, 4) is 5.69 Å². The number of nitrogens with one attached hydrogen (secondary N) is 2. The summed E-state index contributed by atoms with van der Waals surface area (Å²) in [4.78, 5) is 13.7. The second kappa shape index (κ2) is 9.07. The predicted molar refractivity (Wildman–Crippen MR) is 97.3 cm³/mol. The van der Waals surface area contributed by atoms with Gasteiger partial charge >= 0.3 is 0 Å². The van der Waals surface area contributed by atoms with Crippen LogP contribution in [-0.4, -0.2) is 54.3 Å². The third kappa shape index (κ3) is 4.78. The average Bonchev–Trinajstić information content (AvgIpc) is 3.12. The van der Waals surface area contributed by atoms with Crippen molar-refractivity contribution in [2.45, 2.75) is 12.8 Å². The van der Waals surface area contributed by atoms with Crippen molar-refractivity contribution in [3.63, 3.8) is 0 Å². The second-order valence-electron chi connectivity index (χ2n) is 6.36. The highest BCUT2D eigenvalue weighted by Gasteiger charge is 2.32. The first-order valence-corrected chi connectivity index (χ1v) is 8.28. The Labute approximate surface area is 157 Å². The van der Waals surface area contributed by atoms with Gasteiger partial charge in [0.2, 0.25) is 0 Å². The number of hydrogen-bond acceptors (Lipinski definition) is 5. The van der Waals surface area contributed by atoms with Gasteiger partial charge in [-0.05, 0) is 50.2 Å². The van der Waals surface area contributed by atoms with E-state index in [-0.39, 0.29) is 35.2 Å². The minimum absolute atomic E-state index is 0. The first kappa shape index (κ1) is 20.3. The monoisotopic (exact) mass is 383 g/mol. The largest absolute Gasteiger partial charge is 0.384 e. The summed E-state index contributed by atoms with van der Waals surface area (Å²) in [5.74, 6) is -0.610. The van der Waals surface area contributed by atoms with Crippen LogP contribution in [-0.2, 0) is 4.74 Å². The van der Waals surface area contributed by atoms with E-state index < -0.39 is 0 Å². The van der Waals surface area contributed by atoms with Crippen molar-refractivity contribution in [1.29, 1.82) is 0 Å². The molecule has 1 amide bonds. The molecule has 0 bridgehead atoms. The van der Waals surface area contributed by atoms with Gasteiger partial charge in [-0.15, -0.1) is 17.5 Å². The van der Waals surface area contributed by atoms with Crippen LogP contribution < -0.4 is 10.6 Å². The molecule has 2 N–H and O–H groups in total. The van der Waals surface area contributed by atoms with E-state index in [0.717, 1.165) is 25.9 Å². The molecule has 0 saturated carbocycles. The molecule has 1 saturated heterocycles. The van der Waals surface area contributed by atoms with Gasteiger partial charge in [-0.3, -0.25) is 4.79 Å². The molecular weight excluding hydrogens is 361 g/mol. The van der Waals surface area contributed by atoms with Gasteiger partial charge in [0.1, 0.15) is 5.82 Å². The number of piperidine rings is 1. The van der Waals surface area contributed by atoms with Crippen molar-refractivity contribution < 1.29 is 13.9 Å². The molecule has 1 aliphatic heterocycles. The van der Waals surface area contributed by atoms with Crippen molar-refractivity contribution in [2.75, 3.05) is 33.4 Å². The summed E-state index contributed by atoms with van der Waals surface area (Å²) >= 11 is 0. The van der Waals surface area contributed by atoms with E-state index in [0.29, 0.717) is 18.8 Å². The molecule has 0 radical (unpaired) electrons. The van der Waals surface area contributed by atoms with E-state index in [1.807, 2.05) is 0 Å². The summed E-state index contributed by atoms with van der Waals surface area (Å²) in [6.07, 6.45) is 3.30. The molecule has 0 spiro atoms. The number of ether oxygens (including phenoxy) is 1. The van der Waals surface area contributed by atoms with Crippen molar-refractivity contribution in [3.05, 3.63) is 42.0 Å². The van der Waals surface area contributed by atoms with Crippen LogP contribution in [0.15, 0.2) is 30.5 Å². The number of carbonyl (C=O) groups excluding carboxylic acids is 1. The van der Waals surface area contributed by atoms with Crippen LogP contribution in [0.4, 0.5) is 4.39 Å². The number of carbonyl (C=O) groups is 1. The Balaban J connectivity index is 0.00000243. The van der Waals surface area contributed by atoms with E-state index >= 15 is 0 Å². The van der Waals surface area contributed by atoms with E-state index in [1.165, 1.54) is 23.1 Å². The molecule has 2 aromatic rings. The first-order valence-electron chi connectivity index (χ1n) is 8.28. The van der Waals surface area contributed by atoms with Gasteiger partial charge in [0.05, 0.1) is 18.5 Å². The number of halogens is 2. The van der Waals surface area contributed by atoms with Gasteiger partial charge in [-0.1, -0.05) is 0 Å². The molecule has 0 aliphatic carbocycles. The Bertz CT molecular complexity index is 711. The molecule has 2 heterocycles. The van der Waals surface area contributed by atoms with Crippen LogP contribution in [0.5, 0.6) is 0 Å². The number of rotatable bonds is 6. The maximum Gasteiger partial charge on any atom is 0.273 e. The summed E-state index contributed by atoms with van der Waals surface area (Å²) in [6.45, 7) is 2.97. The summed E-state index contributed by atoms with van der Waals surface area (Å²) < 4.78 is 18.3. The molecular formula is C17H23ClFN5O2. The Kier molecular flexibility index (Phi) is 7.07. The number of methoxy groups -OCH3 is 1. The fourth-order valence-corrected chi connectivity index (χ4v) is 3.06. The van der Waals surface area contributed by atoms with Crippen LogP contribution >= 0.6 is 12.4 Å². The predicted octanol–water partition coefficient (Wildman–Crippen LogP) is 1.57. The lowest BCUT2D eigenvalue weighted by atomic mass is 9.79. The SMILES string of the molecule is COCC1(CNC(=O)c2cnn(-c3ccc(F)cc3)n2)CCNCC1.Cl. The Morgan fingerprint density at radius 1 is 1.35 bits per heavy atom. The molecule has 0 atom stereocenters. The standard InChI is InChI=1S/C17H22FN5O2.ClH/c1-25-12-17(6-8-19-9-7-17)11-20-16(24)15-10-21-23(22-15)14-4-2-13(18)3-5-14;/h2-5,10,19H,6-9,11-12H2,1H3,(H,20,24);1H. The number of benzene rings is 1. The molecule has 3 rings (SSSR count). The lowest BCUT2D eigenvalue weighted by Gasteiger charge is -2.37. The maximum absolute atomic E-state index is 13.0. The summed E-state index contributed by atoms with van der Waals surface area (Å²) in [5.41, 5.74) is 0.767. The lowest BCUT2D eigenvalue weighted by Crippen LogP contribution is -2.47. The zero-order valence-corrected chi connectivity index (χ0v) is 15.4. The number of hydrogen-bond donors (Lipinski definition) is 2. The molecule has 26 heavy (non-hydrogen) atoms. The summed E-state index contributed by atoms with van der Waals surface area (Å²) in [5, 5.41) is 14.5.